The van der Waals surface area contributed by atoms with Crippen LogP contribution >= 0.6 is 11.6 Å². The fourth-order valence-corrected chi connectivity index (χ4v) is 1.15. The number of halogens is 6. The topological polar surface area (TPSA) is 38.9 Å². The molecule has 0 fully saturated rings. The van der Waals surface area contributed by atoms with Crippen LogP contribution in [0, 0.1) is 0 Å². The lowest BCUT2D eigenvalue weighted by Crippen LogP contribution is -2.11. The van der Waals surface area contributed by atoms with Gasteiger partial charge in [-0.2, -0.15) is 13.2 Å². The van der Waals surface area contributed by atoms with Gasteiger partial charge in [-0.25, -0.2) is 13.8 Å². The summed E-state index contributed by atoms with van der Waals surface area (Å²) in [7, 11) is 0. The number of nitrogens with two attached hydrogens (primary N) is 1. The van der Waals surface area contributed by atoms with Gasteiger partial charge >= 0.3 is 6.18 Å². The van der Waals surface area contributed by atoms with Crippen LogP contribution in [0.25, 0.3) is 0 Å². The second-order valence-electron chi connectivity index (χ2n) is 2.59. The lowest BCUT2D eigenvalue weighted by atomic mass is 10.2. The minimum atomic E-state index is -4.81. The summed E-state index contributed by atoms with van der Waals surface area (Å²) >= 11 is 5.19. The summed E-state index contributed by atoms with van der Waals surface area (Å²) in [6, 6.07) is 0. The van der Waals surface area contributed by atoms with Crippen molar-refractivity contribution in [3.05, 3.63) is 22.5 Å². The maximum absolute atomic E-state index is 12.2. The van der Waals surface area contributed by atoms with E-state index in [0.29, 0.717) is 6.20 Å². The van der Waals surface area contributed by atoms with Gasteiger partial charge in [-0.15, -0.1) is 0 Å². The number of nitrogens with zero attached hydrogens (tertiary/aromatic N) is 1. The summed E-state index contributed by atoms with van der Waals surface area (Å²) in [5.41, 5.74) is 1.95. The van der Waals surface area contributed by atoms with E-state index >= 15 is 0 Å². The van der Waals surface area contributed by atoms with E-state index in [4.69, 9.17) is 17.3 Å². The maximum Gasteiger partial charge on any atom is 0.434 e. The maximum atomic E-state index is 12.2. The third kappa shape index (κ3) is 2.28. The molecule has 0 amide bonds. The van der Waals surface area contributed by atoms with Crippen molar-refractivity contribution in [3.63, 3.8) is 0 Å². The Morgan fingerprint density at radius 1 is 1.33 bits per heavy atom. The molecule has 1 rings (SSSR count). The summed E-state index contributed by atoms with van der Waals surface area (Å²) in [5.74, 6) is 0. The van der Waals surface area contributed by atoms with E-state index in [0.717, 1.165) is 0 Å². The van der Waals surface area contributed by atoms with Gasteiger partial charge in [0.05, 0.1) is 16.3 Å². The largest absolute Gasteiger partial charge is 0.434 e. The highest BCUT2D eigenvalue weighted by Crippen LogP contribution is 2.39. The number of pyridine rings is 1. The molecular formula is C7H4ClF5N2. The summed E-state index contributed by atoms with van der Waals surface area (Å²) in [6.45, 7) is 0. The molecule has 8 heteroatoms. The van der Waals surface area contributed by atoms with Crippen molar-refractivity contribution >= 4 is 17.3 Å². The lowest BCUT2D eigenvalue weighted by Gasteiger charge is -2.11. The highest BCUT2D eigenvalue weighted by atomic mass is 35.5. The first-order chi connectivity index (χ1) is 6.75. The SMILES string of the molecule is Nc1c(C(F)F)cnc(C(F)(F)F)c1Cl. The number of rotatable bonds is 1. The molecule has 1 heterocycles. The molecular weight excluding hydrogens is 243 g/mol. The van der Waals surface area contributed by atoms with Gasteiger partial charge in [0.1, 0.15) is 0 Å². The zero-order valence-electron chi connectivity index (χ0n) is 6.95. The Bertz CT molecular complexity index is 376. The van der Waals surface area contributed by atoms with Crippen molar-refractivity contribution in [1.82, 2.24) is 4.98 Å². The number of hydrogen-bond donors (Lipinski definition) is 1. The molecule has 0 aliphatic carbocycles. The minimum Gasteiger partial charge on any atom is -0.397 e. The Morgan fingerprint density at radius 2 is 1.87 bits per heavy atom. The third-order valence-corrected chi connectivity index (χ3v) is 1.97. The fraction of sp³-hybridized carbons (Fsp3) is 0.286. The Balaban J connectivity index is 3.34. The number of anilines is 1. The Kier molecular flexibility index (Phi) is 3.03. The molecule has 0 saturated carbocycles. The molecule has 0 aromatic carbocycles. The van der Waals surface area contributed by atoms with E-state index < -0.39 is 34.6 Å². The van der Waals surface area contributed by atoms with Crippen LogP contribution in [0.5, 0.6) is 0 Å². The van der Waals surface area contributed by atoms with Gasteiger partial charge in [-0.05, 0) is 0 Å². The normalized spacial score (nSPS) is 12.2. The average molecular weight is 247 g/mol. The van der Waals surface area contributed by atoms with Gasteiger partial charge in [0.2, 0.25) is 0 Å². The molecule has 0 spiro atoms. The summed E-state index contributed by atoms with van der Waals surface area (Å²) in [5, 5.41) is -1.000. The molecule has 0 aliphatic heterocycles. The molecule has 0 unspecified atom stereocenters. The van der Waals surface area contributed by atoms with Gasteiger partial charge in [0, 0.05) is 6.20 Å². The highest BCUT2D eigenvalue weighted by molar-refractivity contribution is 6.33. The van der Waals surface area contributed by atoms with Crippen LogP contribution in [0.1, 0.15) is 17.7 Å². The first-order valence-electron chi connectivity index (χ1n) is 3.54. The van der Waals surface area contributed by atoms with Crippen molar-refractivity contribution in [3.8, 4) is 0 Å². The van der Waals surface area contributed by atoms with Gasteiger partial charge < -0.3 is 5.73 Å². The van der Waals surface area contributed by atoms with E-state index in [1.165, 1.54) is 0 Å². The molecule has 2 nitrogen and oxygen atoms in total. The van der Waals surface area contributed by atoms with E-state index in [9.17, 15) is 22.0 Å². The fourth-order valence-electron chi connectivity index (χ4n) is 0.886. The molecule has 0 atom stereocenters. The predicted octanol–water partition coefficient (Wildman–Crippen LogP) is 3.27. The molecule has 1 aromatic heterocycles. The van der Waals surface area contributed by atoms with Gasteiger partial charge in [-0.3, -0.25) is 0 Å². The molecule has 15 heavy (non-hydrogen) atoms. The van der Waals surface area contributed by atoms with Gasteiger partial charge in [0.15, 0.2) is 5.69 Å². The Hall–Kier alpha value is -1.11. The Morgan fingerprint density at radius 3 is 2.27 bits per heavy atom. The Labute approximate surface area is 85.9 Å². The monoisotopic (exact) mass is 246 g/mol. The van der Waals surface area contributed by atoms with Gasteiger partial charge in [-0.1, -0.05) is 11.6 Å². The van der Waals surface area contributed by atoms with Crippen molar-refractivity contribution in [2.75, 3.05) is 5.73 Å². The number of alkyl halides is 5. The van der Waals surface area contributed by atoms with E-state index in [1.54, 1.807) is 0 Å². The summed E-state index contributed by atoms with van der Waals surface area (Å²) < 4.78 is 60.9. The van der Waals surface area contributed by atoms with Crippen LogP contribution in [0.4, 0.5) is 27.6 Å². The lowest BCUT2D eigenvalue weighted by molar-refractivity contribution is -0.141. The predicted molar refractivity (Wildman–Crippen MR) is 43.6 cm³/mol. The molecule has 1 aromatic rings. The first-order valence-corrected chi connectivity index (χ1v) is 3.92. The highest BCUT2D eigenvalue weighted by Gasteiger charge is 2.37. The van der Waals surface area contributed by atoms with Crippen LogP contribution < -0.4 is 5.73 Å². The van der Waals surface area contributed by atoms with Crippen molar-refractivity contribution < 1.29 is 22.0 Å². The van der Waals surface area contributed by atoms with Crippen LogP contribution in [0.2, 0.25) is 5.02 Å². The average Bonchev–Trinajstić information content (AvgIpc) is 2.06. The number of aromatic nitrogens is 1. The molecule has 2 N–H and O–H groups in total. The van der Waals surface area contributed by atoms with E-state index in [2.05, 4.69) is 4.98 Å². The molecule has 84 valence electrons. The van der Waals surface area contributed by atoms with Crippen molar-refractivity contribution in [1.29, 1.82) is 0 Å². The molecule has 0 saturated heterocycles. The smallest absolute Gasteiger partial charge is 0.397 e. The number of nitrogen functional groups attached to an aromatic ring is 1. The second kappa shape index (κ2) is 3.80. The molecule has 0 radical (unpaired) electrons. The van der Waals surface area contributed by atoms with Crippen molar-refractivity contribution in [2.24, 2.45) is 0 Å². The van der Waals surface area contributed by atoms with Crippen molar-refractivity contribution in [2.45, 2.75) is 12.6 Å². The quantitative estimate of drug-likeness (QED) is 0.773. The summed E-state index contributed by atoms with van der Waals surface area (Å²) in [6.07, 6.45) is -7.46. The number of hydrogen-bond acceptors (Lipinski definition) is 2. The third-order valence-electron chi connectivity index (χ3n) is 1.59. The molecule has 0 bridgehead atoms. The van der Waals surface area contributed by atoms with Crippen LogP contribution in [0.3, 0.4) is 0 Å². The van der Waals surface area contributed by atoms with Crippen LogP contribution in [-0.4, -0.2) is 4.98 Å². The minimum absolute atomic E-state index is 0.370. The first kappa shape index (κ1) is 12.0. The van der Waals surface area contributed by atoms with Gasteiger partial charge in [0.25, 0.3) is 6.43 Å². The zero-order valence-corrected chi connectivity index (χ0v) is 7.70. The summed E-state index contributed by atoms with van der Waals surface area (Å²) in [4.78, 5) is 2.81. The van der Waals surface area contributed by atoms with E-state index in [-0.39, 0.29) is 0 Å². The standard InChI is InChI=1S/C7H4ClF5N2/c8-3-4(14)2(6(9)10)1-15-5(3)7(11,12)13/h1,6H,(H2,14,15). The van der Waals surface area contributed by atoms with Crippen LogP contribution in [-0.2, 0) is 6.18 Å². The zero-order chi connectivity index (χ0) is 11.8. The van der Waals surface area contributed by atoms with E-state index in [1.807, 2.05) is 0 Å². The molecule has 0 aliphatic rings. The second-order valence-corrected chi connectivity index (χ2v) is 2.97. The van der Waals surface area contributed by atoms with Crippen LogP contribution in [0.15, 0.2) is 6.20 Å².